The van der Waals surface area contributed by atoms with Gasteiger partial charge in [0.05, 0.1) is 10.9 Å². The van der Waals surface area contributed by atoms with E-state index in [1.807, 2.05) is 18.2 Å². The summed E-state index contributed by atoms with van der Waals surface area (Å²) >= 11 is 1.57. The SMILES string of the molecule is Cc1cc(C)cc(CSc2nc3ccccc3c(=O)n2CCCO)c1. The number of benzene rings is 2. The summed E-state index contributed by atoms with van der Waals surface area (Å²) in [5, 5.41) is 10.5. The highest BCUT2D eigenvalue weighted by atomic mass is 32.2. The first-order valence-corrected chi connectivity index (χ1v) is 9.37. The van der Waals surface area contributed by atoms with Crippen molar-refractivity contribution in [3.8, 4) is 0 Å². The van der Waals surface area contributed by atoms with E-state index in [9.17, 15) is 4.79 Å². The summed E-state index contributed by atoms with van der Waals surface area (Å²) in [5.74, 6) is 0.756. The number of aliphatic hydroxyl groups is 1. The Morgan fingerprint density at radius 3 is 2.56 bits per heavy atom. The molecule has 0 unspecified atom stereocenters. The lowest BCUT2D eigenvalue weighted by atomic mass is 10.1. The molecule has 0 fully saturated rings. The first kappa shape index (κ1) is 17.7. The summed E-state index contributed by atoms with van der Waals surface area (Å²) in [5.41, 5.74) is 4.37. The van der Waals surface area contributed by atoms with E-state index < -0.39 is 0 Å². The molecule has 0 saturated heterocycles. The number of para-hydroxylation sites is 1. The maximum atomic E-state index is 12.8. The fraction of sp³-hybridized carbons (Fsp3) is 0.300. The molecule has 0 aliphatic carbocycles. The Kier molecular flexibility index (Phi) is 5.56. The van der Waals surface area contributed by atoms with Gasteiger partial charge >= 0.3 is 0 Å². The molecule has 2 aromatic carbocycles. The summed E-state index contributed by atoms with van der Waals surface area (Å²) in [6, 6.07) is 13.9. The topological polar surface area (TPSA) is 55.1 Å². The van der Waals surface area contributed by atoms with Crippen molar-refractivity contribution in [3.05, 3.63) is 69.5 Å². The van der Waals surface area contributed by atoms with E-state index >= 15 is 0 Å². The third-order valence-electron chi connectivity index (χ3n) is 4.02. The second-order valence-corrected chi connectivity index (χ2v) is 7.17. The van der Waals surface area contributed by atoms with Crippen molar-refractivity contribution >= 4 is 22.7 Å². The Labute approximate surface area is 151 Å². The number of aryl methyl sites for hydroxylation is 2. The summed E-state index contributed by atoms with van der Waals surface area (Å²) in [6.07, 6.45) is 0.539. The predicted octanol–water partition coefficient (Wildman–Crippen LogP) is 3.69. The number of hydrogen-bond acceptors (Lipinski definition) is 4. The minimum atomic E-state index is -0.0398. The van der Waals surface area contributed by atoms with Crippen LogP contribution in [0.25, 0.3) is 10.9 Å². The van der Waals surface area contributed by atoms with E-state index in [0.717, 1.165) is 11.3 Å². The van der Waals surface area contributed by atoms with Crippen molar-refractivity contribution in [1.82, 2.24) is 9.55 Å². The molecule has 1 aromatic heterocycles. The van der Waals surface area contributed by atoms with Gasteiger partial charge in [-0.1, -0.05) is 53.2 Å². The largest absolute Gasteiger partial charge is 0.396 e. The Morgan fingerprint density at radius 1 is 1.12 bits per heavy atom. The van der Waals surface area contributed by atoms with Crippen LogP contribution in [0.15, 0.2) is 52.4 Å². The first-order chi connectivity index (χ1) is 12.1. The van der Waals surface area contributed by atoms with Crippen LogP contribution in [0.5, 0.6) is 0 Å². The molecule has 0 bridgehead atoms. The quantitative estimate of drug-likeness (QED) is 0.542. The normalized spacial score (nSPS) is 11.2. The zero-order chi connectivity index (χ0) is 17.8. The minimum absolute atomic E-state index is 0.0398. The standard InChI is InChI=1S/C20H22N2O2S/c1-14-10-15(2)12-16(11-14)13-25-20-21-18-7-4-3-6-17(18)19(24)22(20)8-5-9-23/h3-4,6-7,10-12,23H,5,8-9,13H2,1-2H3. The highest BCUT2D eigenvalue weighted by Crippen LogP contribution is 2.23. The Hall–Kier alpha value is -2.11. The van der Waals surface area contributed by atoms with Crippen LogP contribution in [-0.4, -0.2) is 21.3 Å². The van der Waals surface area contributed by atoms with Crippen LogP contribution < -0.4 is 5.56 Å². The van der Waals surface area contributed by atoms with Crippen molar-refractivity contribution in [3.63, 3.8) is 0 Å². The van der Waals surface area contributed by atoms with Crippen molar-refractivity contribution in [2.75, 3.05) is 6.61 Å². The summed E-state index contributed by atoms with van der Waals surface area (Å²) in [4.78, 5) is 17.5. The Bertz CT molecular complexity index is 930. The van der Waals surface area contributed by atoms with Gasteiger partial charge in [-0.25, -0.2) is 4.98 Å². The molecular weight excluding hydrogens is 332 g/mol. The number of aromatic nitrogens is 2. The van der Waals surface area contributed by atoms with Crippen LogP contribution in [0.4, 0.5) is 0 Å². The van der Waals surface area contributed by atoms with Crippen molar-refractivity contribution in [2.45, 2.75) is 37.7 Å². The average molecular weight is 354 g/mol. The van der Waals surface area contributed by atoms with Gasteiger partial charge in [-0.2, -0.15) is 0 Å². The molecule has 1 N–H and O–H groups in total. The molecule has 0 spiro atoms. The van der Waals surface area contributed by atoms with Crippen molar-refractivity contribution in [1.29, 1.82) is 0 Å². The first-order valence-electron chi connectivity index (χ1n) is 8.39. The molecule has 0 atom stereocenters. The van der Waals surface area contributed by atoms with Crippen molar-refractivity contribution < 1.29 is 5.11 Å². The summed E-state index contributed by atoms with van der Waals surface area (Å²) < 4.78 is 1.69. The maximum absolute atomic E-state index is 12.8. The van der Waals surface area contributed by atoms with E-state index in [1.165, 1.54) is 16.7 Å². The molecule has 3 aromatic rings. The minimum Gasteiger partial charge on any atom is -0.396 e. The number of fused-ring (bicyclic) bond motifs is 1. The Morgan fingerprint density at radius 2 is 1.84 bits per heavy atom. The van der Waals surface area contributed by atoms with Gasteiger partial charge in [0.2, 0.25) is 0 Å². The highest BCUT2D eigenvalue weighted by molar-refractivity contribution is 7.98. The summed E-state index contributed by atoms with van der Waals surface area (Å²) in [7, 11) is 0. The smallest absolute Gasteiger partial charge is 0.262 e. The molecular formula is C20H22N2O2S. The third-order valence-corrected chi connectivity index (χ3v) is 5.06. The second-order valence-electron chi connectivity index (χ2n) is 6.23. The van der Waals surface area contributed by atoms with Gasteiger partial charge in [-0.05, 0) is 38.0 Å². The van der Waals surface area contributed by atoms with Crippen LogP contribution in [0.1, 0.15) is 23.1 Å². The average Bonchev–Trinajstić information content (AvgIpc) is 2.58. The molecule has 0 aliphatic rings. The fourth-order valence-corrected chi connectivity index (χ4v) is 3.94. The molecule has 4 nitrogen and oxygen atoms in total. The molecule has 0 radical (unpaired) electrons. The molecule has 25 heavy (non-hydrogen) atoms. The molecule has 0 aliphatic heterocycles. The molecule has 5 heteroatoms. The van der Waals surface area contributed by atoms with Gasteiger partial charge in [-0.3, -0.25) is 9.36 Å². The van der Waals surface area contributed by atoms with Gasteiger partial charge in [0.25, 0.3) is 5.56 Å². The van der Waals surface area contributed by atoms with Crippen LogP contribution in [0, 0.1) is 13.8 Å². The number of hydrogen-bond donors (Lipinski definition) is 1. The van der Waals surface area contributed by atoms with E-state index in [1.54, 1.807) is 22.4 Å². The van der Waals surface area contributed by atoms with E-state index in [-0.39, 0.29) is 12.2 Å². The second kappa shape index (κ2) is 7.85. The lowest BCUT2D eigenvalue weighted by Crippen LogP contribution is -2.24. The molecule has 1 heterocycles. The van der Waals surface area contributed by atoms with Crippen LogP contribution in [0.3, 0.4) is 0 Å². The molecule has 0 saturated carbocycles. The van der Waals surface area contributed by atoms with Crippen LogP contribution in [0.2, 0.25) is 0 Å². The molecule has 130 valence electrons. The number of aliphatic hydroxyl groups excluding tert-OH is 1. The van der Waals surface area contributed by atoms with Crippen molar-refractivity contribution in [2.24, 2.45) is 0 Å². The monoisotopic (exact) mass is 354 g/mol. The van der Waals surface area contributed by atoms with Gasteiger partial charge in [0.1, 0.15) is 0 Å². The molecule has 0 amide bonds. The number of nitrogens with zero attached hydrogens (tertiary/aromatic N) is 2. The van der Waals surface area contributed by atoms with Crippen LogP contribution >= 0.6 is 11.8 Å². The number of rotatable bonds is 6. The zero-order valence-corrected chi connectivity index (χ0v) is 15.3. The zero-order valence-electron chi connectivity index (χ0n) is 14.5. The van der Waals surface area contributed by atoms with Gasteiger partial charge in [-0.15, -0.1) is 0 Å². The lowest BCUT2D eigenvalue weighted by Gasteiger charge is -2.13. The highest BCUT2D eigenvalue weighted by Gasteiger charge is 2.11. The van der Waals surface area contributed by atoms with Gasteiger partial charge in [0, 0.05) is 18.9 Å². The molecule has 3 rings (SSSR count). The van der Waals surface area contributed by atoms with Gasteiger partial charge in [0.15, 0.2) is 5.16 Å². The number of thioether (sulfide) groups is 1. The maximum Gasteiger partial charge on any atom is 0.262 e. The fourth-order valence-electron chi connectivity index (χ4n) is 2.98. The van der Waals surface area contributed by atoms with E-state index in [0.29, 0.717) is 23.5 Å². The Balaban J connectivity index is 1.97. The lowest BCUT2D eigenvalue weighted by molar-refractivity contribution is 0.276. The van der Waals surface area contributed by atoms with Crippen LogP contribution in [-0.2, 0) is 12.3 Å². The predicted molar refractivity (Wildman–Crippen MR) is 103 cm³/mol. The van der Waals surface area contributed by atoms with E-state index in [2.05, 4.69) is 32.0 Å². The third kappa shape index (κ3) is 4.11. The van der Waals surface area contributed by atoms with Gasteiger partial charge < -0.3 is 5.11 Å². The van der Waals surface area contributed by atoms with E-state index in [4.69, 9.17) is 10.1 Å². The summed E-state index contributed by atoms with van der Waals surface area (Å²) in [6.45, 7) is 4.71.